The van der Waals surface area contributed by atoms with Crippen LogP contribution in [0.4, 0.5) is 0 Å². The molecule has 0 radical (unpaired) electrons. The lowest BCUT2D eigenvalue weighted by Gasteiger charge is -1.95. The average Bonchev–Trinajstić information content (AvgIpc) is 2.95. The zero-order valence-electron chi connectivity index (χ0n) is 11.0. The number of aromatic amines is 1. The largest absolute Gasteiger partial charge is 0.262 e. The molecule has 3 rings (SSSR count). The van der Waals surface area contributed by atoms with Crippen LogP contribution in [0.2, 0.25) is 0 Å². The number of aromatic nitrogens is 3. The van der Waals surface area contributed by atoms with Crippen molar-refractivity contribution in [1.82, 2.24) is 15.2 Å². The second-order valence-corrected chi connectivity index (χ2v) is 4.55. The summed E-state index contributed by atoms with van der Waals surface area (Å²) in [6.07, 6.45) is 4.70. The Hall–Kier alpha value is -2.68. The van der Waals surface area contributed by atoms with Crippen LogP contribution >= 0.6 is 0 Å². The first-order chi connectivity index (χ1) is 9.90. The Kier molecular flexibility index (Phi) is 3.69. The zero-order chi connectivity index (χ0) is 13.6. The summed E-state index contributed by atoms with van der Waals surface area (Å²) in [7, 11) is 0. The summed E-state index contributed by atoms with van der Waals surface area (Å²) < 4.78 is 0. The quantitative estimate of drug-likeness (QED) is 0.780. The molecular weight excluding hydrogens is 246 g/mol. The van der Waals surface area contributed by atoms with E-state index in [4.69, 9.17) is 0 Å². The predicted molar refractivity (Wildman–Crippen MR) is 81.0 cm³/mol. The Morgan fingerprint density at radius 1 is 0.850 bits per heavy atom. The summed E-state index contributed by atoms with van der Waals surface area (Å²) in [6, 6.07) is 20.4. The van der Waals surface area contributed by atoms with E-state index in [0.717, 1.165) is 17.8 Å². The van der Waals surface area contributed by atoms with Gasteiger partial charge in [-0.1, -0.05) is 66.7 Å². The molecule has 1 N–H and O–H groups in total. The van der Waals surface area contributed by atoms with E-state index in [-0.39, 0.29) is 0 Å². The molecular formula is C17H15N3. The normalized spacial score (nSPS) is 11.0. The van der Waals surface area contributed by atoms with Gasteiger partial charge in [0.15, 0.2) is 5.82 Å². The van der Waals surface area contributed by atoms with Gasteiger partial charge < -0.3 is 0 Å². The number of rotatable bonds is 4. The van der Waals surface area contributed by atoms with Crippen molar-refractivity contribution in [3.05, 3.63) is 83.4 Å². The van der Waals surface area contributed by atoms with Gasteiger partial charge >= 0.3 is 0 Å². The van der Waals surface area contributed by atoms with Crippen molar-refractivity contribution >= 4 is 12.2 Å². The van der Waals surface area contributed by atoms with Crippen LogP contribution in [0.1, 0.15) is 22.8 Å². The van der Waals surface area contributed by atoms with Crippen LogP contribution in [-0.2, 0) is 6.42 Å². The zero-order valence-corrected chi connectivity index (χ0v) is 11.0. The van der Waals surface area contributed by atoms with Crippen LogP contribution < -0.4 is 0 Å². The lowest BCUT2D eigenvalue weighted by Crippen LogP contribution is -1.90. The highest BCUT2D eigenvalue weighted by Crippen LogP contribution is 2.07. The molecule has 0 bridgehead atoms. The molecule has 0 aliphatic heterocycles. The van der Waals surface area contributed by atoms with Gasteiger partial charge in [-0.2, -0.15) is 5.10 Å². The van der Waals surface area contributed by atoms with Crippen molar-refractivity contribution in [3.63, 3.8) is 0 Å². The van der Waals surface area contributed by atoms with Gasteiger partial charge in [0, 0.05) is 6.42 Å². The van der Waals surface area contributed by atoms with E-state index in [2.05, 4.69) is 27.3 Å². The van der Waals surface area contributed by atoms with E-state index in [1.54, 1.807) is 0 Å². The maximum Gasteiger partial charge on any atom is 0.173 e. The third-order valence-electron chi connectivity index (χ3n) is 2.99. The maximum absolute atomic E-state index is 4.47. The van der Waals surface area contributed by atoms with Gasteiger partial charge in [-0.05, 0) is 17.2 Å². The average molecular weight is 261 g/mol. The van der Waals surface area contributed by atoms with E-state index in [0.29, 0.717) is 5.82 Å². The SMILES string of the molecule is C(=Cc1n[nH]c(Cc2ccccc2)n1)c1ccccc1. The molecule has 98 valence electrons. The number of nitrogens with zero attached hydrogens (tertiary/aromatic N) is 2. The molecule has 0 amide bonds. The molecule has 0 aliphatic carbocycles. The van der Waals surface area contributed by atoms with Crippen molar-refractivity contribution in [2.45, 2.75) is 6.42 Å². The minimum absolute atomic E-state index is 0.708. The summed E-state index contributed by atoms with van der Waals surface area (Å²) in [6.45, 7) is 0. The maximum atomic E-state index is 4.47. The van der Waals surface area contributed by atoms with Crippen molar-refractivity contribution < 1.29 is 0 Å². The van der Waals surface area contributed by atoms with Crippen LogP contribution in [0, 0.1) is 0 Å². The molecule has 0 unspecified atom stereocenters. The van der Waals surface area contributed by atoms with Crippen LogP contribution in [0.5, 0.6) is 0 Å². The van der Waals surface area contributed by atoms with E-state index in [1.165, 1.54) is 5.56 Å². The van der Waals surface area contributed by atoms with E-state index < -0.39 is 0 Å². The molecule has 1 aromatic heterocycles. The second kappa shape index (κ2) is 5.97. The topological polar surface area (TPSA) is 41.6 Å². The van der Waals surface area contributed by atoms with Gasteiger partial charge in [-0.3, -0.25) is 5.10 Å². The van der Waals surface area contributed by atoms with Gasteiger partial charge in [-0.15, -0.1) is 0 Å². The van der Waals surface area contributed by atoms with Crippen LogP contribution in [0.3, 0.4) is 0 Å². The molecule has 0 atom stereocenters. The minimum atomic E-state index is 0.708. The Morgan fingerprint density at radius 3 is 2.30 bits per heavy atom. The molecule has 0 spiro atoms. The molecule has 0 saturated heterocycles. The molecule has 3 nitrogen and oxygen atoms in total. The van der Waals surface area contributed by atoms with Crippen LogP contribution in [-0.4, -0.2) is 15.2 Å². The summed E-state index contributed by atoms with van der Waals surface area (Å²) in [5.41, 5.74) is 2.36. The number of nitrogens with one attached hydrogen (secondary N) is 1. The van der Waals surface area contributed by atoms with Crippen molar-refractivity contribution in [2.75, 3.05) is 0 Å². The smallest absolute Gasteiger partial charge is 0.173 e. The molecule has 3 heteroatoms. The van der Waals surface area contributed by atoms with Crippen molar-refractivity contribution in [1.29, 1.82) is 0 Å². The Balaban J connectivity index is 1.70. The van der Waals surface area contributed by atoms with Crippen LogP contribution in [0.15, 0.2) is 60.7 Å². The number of H-pyrrole nitrogens is 1. The number of hydrogen-bond acceptors (Lipinski definition) is 2. The van der Waals surface area contributed by atoms with Gasteiger partial charge in [-0.25, -0.2) is 4.98 Å². The highest BCUT2D eigenvalue weighted by molar-refractivity contribution is 5.66. The molecule has 3 aromatic rings. The molecule has 0 fully saturated rings. The van der Waals surface area contributed by atoms with E-state index in [9.17, 15) is 0 Å². The first-order valence-electron chi connectivity index (χ1n) is 6.58. The Bertz CT molecular complexity index is 685. The Morgan fingerprint density at radius 2 is 1.55 bits per heavy atom. The molecule has 1 heterocycles. The Labute approximate surface area is 118 Å². The summed E-state index contributed by atoms with van der Waals surface area (Å²) in [4.78, 5) is 4.47. The predicted octanol–water partition coefficient (Wildman–Crippen LogP) is 3.57. The minimum Gasteiger partial charge on any atom is -0.262 e. The first-order valence-corrected chi connectivity index (χ1v) is 6.58. The monoisotopic (exact) mass is 261 g/mol. The highest BCUT2D eigenvalue weighted by Gasteiger charge is 2.01. The number of hydrogen-bond donors (Lipinski definition) is 1. The lowest BCUT2D eigenvalue weighted by atomic mass is 10.1. The number of benzene rings is 2. The van der Waals surface area contributed by atoms with Crippen molar-refractivity contribution in [3.8, 4) is 0 Å². The molecule has 0 aliphatic rings. The van der Waals surface area contributed by atoms with Crippen LogP contribution in [0.25, 0.3) is 12.2 Å². The van der Waals surface area contributed by atoms with Gasteiger partial charge in [0.2, 0.25) is 0 Å². The highest BCUT2D eigenvalue weighted by atomic mass is 15.2. The molecule has 0 saturated carbocycles. The van der Waals surface area contributed by atoms with Gasteiger partial charge in [0.25, 0.3) is 0 Å². The molecule has 20 heavy (non-hydrogen) atoms. The van der Waals surface area contributed by atoms with Crippen molar-refractivity contribution in [2.24, 2.45) is 0 Å². The fraction of sp³-hybridized carbons (Fsp3) is 0.0588. The van der Waals surface area contributed by atoms with E-state index in [1.807, 2.05) is 60.7 Å². The third-order valence-corrected chi connectivity index (χ3v) is 2.99. The molecule has 2 aromatic carbocycles. The fourth-order valence-electron chi connectivity index (χ4n) is 1.99. The second-order valence-electron chi connectivity index (χ2n) is 4.55. The summed E-state index contributed by atoms with van der Waals surface area (Å²) >= 11 is 0. The third kappa shape index (κ3) is 3.20. The lowest BCUT2D eigenvalue weighted by molar-refractivity contribution is 0.972. The summed E-state index contributed by atoms with van der Waals surface area (Å²) in [5.74, 6) is 1.59. The standard InChI is InChI=1S/C17H15N3/c1-3-7-14(8-4-1)11-12-16-18-17(20-19-16)13-15-9-5-2-6-10-15/h1-12H,13H2,(H,18,19,20). The van der Waals surface area contributed by atoms with Gasteiger partial charge in [0.1, 0.15) is 5.82 Å². The van der Waals surface area contributed by atoms with Gasteiger partial charge in [0.05, 0.1) is 0 Å². The first kappa shape index (κ1) is 12.4. The van der Waals surface area contributed by atoms with E-state index >= 15 is 0 Å². The fourth-order valence-corrected chi connectivity index (χ4v) is 1.99. The summed E-state index contributed by atoms with van der Waals surface area (Å²) in [5, 5.41) is 7.18.